The molecule has 0 amide bonds. The number of nitrogens with one attached hydrogen (secondary N) is 1. The molecular weight excluding hydrogens is 314 g/mol. The van der Waals surface area contributed by atoms with Crippen molar-refractivity contribution in [1.82, 2.24) is 14.5 Å². The minimum atomic E-state index is -3.70. The van der Waals surface area contributed by atoms with Crippen molar-refractivity contribution in [3.63, 3.8) is 0 Å². The van der Waals surface area contributed by atoms with E-state index >= 15 is 0 Å². The van der Waals surface area contributed by atoms with E-state index in [4.69, 9.17) is 5.11 Å². The molecule has 21 heavy (non-hydrogen) atoms. The molecule has 0 saturated carbocycles. The molecule has 0 radical (unpaired) electrons. The number of carbonyl (C=O) groups is 1. The first-order chi connectivity index (χ1) is 9.87. The Morgan fingerprint density at radius 2 is 2.33 bits per heavy atom. The van der Waals surface area contributed by atoms with E-state index in [0.717, 1.165) is 15.8 Å². The number of sulfonamides is 1. The topological polar surface area (TPSA) is 101 Å². The summed E-state index contributed by atoms with van der Waals surface area (Å²) >= 11 is 1.57. The van der Waals surface area contributed by atoms with E-state index < -0.39 is 16.0 Å². The first-order valence-corrected chi connectivity index (χ1v) is 8.52. The van der Waals surface area contributed by atoms with E-state index in [0.29, 0.717) is 6.42 Å². The van der Waals surface area contributed by atoms with E-state index in [1.165, 1.54) is 6.20 Å². The van der Waals surface area contributed by atoms with Gasteiger partial charge in [-0.1, -0.05) is 6.07 Å². The predicted octanol–water partition coefficient (Wildman–Crippen LogP) is 0.939. The van der Waals surface area contributed by atoms with E-state index in [1.54, 1.807) is 18.3 Å². The van der Waals surface area contributed by atoms with Crippen LogP contribution in [-0.2, 0) is 27.8 Å². The van der Waals surface area contributed by atoms with Gasteiger partial charge in [0.05, 0.1) is 6.20 Å². The third-order valence-corrected chi connectivity index (χ3v) is 5.10. The van der Waals surface area contributed by atoms with Crippen molar-refractivity contribution in [2.75, 3.05) is 0 Å². The largest absolute Gasteiger partial charge is 0.480 e. The van der Waals surface area contributed by atoms with Gasteiger partial charge in [0.15, 0.2) is 0 Å². The zero-order chi connectivity index (χ0) is 15.5. The van der Waals surface area contributed by atoms with Crippen molar-refractivity contribution in [1.29, 1.82) is 0 Å². The van der Waals surface area contributed by atoms with Gasteiger partial charge in [0, 0.05) is 17.1 Å². The molecule has 2 aromatic heterocycles. The molecule has 1 atom stereocenters. The second-order valence-electron chi connectivity index (χ2n) is 4.57. The number of rotatable bonds is 7. The second-order valence-corrected chi connectivity index (χ2v) is 7.32. The lowest BCUT2D eigenvalue weighted by atomic mass is 10.2. The molecule has 0 bridgehead atoms. The molecule has 2 heterocycles. The van der Waals surface area contributed by atoms with Gasteiger partial charge in [-0.2, -0.15) is 5.10 Å². The highest BCUT2D eigenvalue weighted by Gasteiger charge is 2.20. The van der Waals surface area contributed by atoms with Crippen molar-refractivity contribution in [2.24, 2.45) is 0 Å². The molecular formula is C12H15N3O4S2. The highest BCUT2D eigenvalue weighted by Crippen LogP contribution is 2.13. The summed E-state index contributed by atoms with van der Waals surface area (Å²) in [6, 6.07) is 3.59. The maximum absolute atomic E-state index is 12.2. The summed E-state index contributed by atoms with van der Waals surface area (Å²) in [5, 5.41) is 14.3. The fourth-order valence-corrected chi connectivity index (χ4v) is 3.84. The molecule has 0 spiro atoms. The average molecular weight is 329 g/mol. The number of hydrogen-bond acceptors (Lipinski definition) is 5. The first-order valence-electron chi connectivity index (χ1n) is 6.16. The highest BCUT2D eigenvalue weighted by atomic mass is 32.2. The zero-order valence-electron chi connectivity index (χ0n) is 11.3. The monoisotopic (exact) mass is 329 g/mol. The summed E-state index contributed by atoms with van der Waals surface area (Å²) in [4.78, 5) is 11.6. The van der Waals surface area contributed by atoms with Gasteiger partial charge < -0.3 is 5.11 Å². The van der Waals surface area contributed by atoms with Gasteiger partial charge in [0.25, 0.3) is 0 Å². The molecule has 114 valence electrons. The summed E-state index contributed by atoms with van der Waals surface area (Å²) in [6.45, 7) is 1.40. The molecule has 1 unspecified atom stereocenters. The molecule has 0 aliphatic carbocycles. The Balaban J connectivity index is 2.03. The van der Waals surface area contributed by atoms with Gasteiger partial charge in [-0.05, 0) is 24.8 Å². The van der Waals surface area contributed by atoms with Crippen LogP contribution < -0.4 is 4.72 Å². The summed E-state index contributed by atoms with van der Waals surface area (Å²) in [6.07, 6.45) is 2.94. The van der Waals surface area contributed by atoms with Crippen molar-refractivity contribution in [3.05, 3.63) is 34.8 Å². The Hall–Kier alpha value is -1.71. The molecule has 0 aliphatic rings. The fraction of sp³-hybridized carbons (Fsp3) is 0.333. The summed E-state index contributed by atoms with van der Waals surface area (Å²) in [5.41, 5.74) is 0. The van der Waals surface area contributed by atoms with Crippen LogP contribution in [0.5, 0.6) is 0 Å². The second kappa shape index (κ2) is 6.37. The third kappa shape index (κ3) is 4.38. The van der Waals surface area contributed by atoms with Gasteiger partial charge in [-0.3, -0.25) is 9.48 Å². The lowest BCUT2D eigenvalue weighted by molar-refractivity contribution is -0.137. The summed E-state index contributed by atoms with van der Waals surface area (Å²) in [7, 11) is -3.70. The standard InChI is InChI=1S/C12H15N3O4S2/c1-9(5-10-3-2-4-20-10)14-21(18,19)11-6-13-15(7-11)8-12(16)17/h2-4,6-7,9,14H,5,8H2,1H3,(H,16,17). The molecule has 0 aromatic carbocycles. The fourth-order valence-electron chi connectivity index (χ4n) is 1.81. The molecule has 2 aromatic rings. The summed E-state index contributed by atoms with van der Waals surface area (Å²) < 4.78 is 27.9. The number of aromatic nitrogens is 2. The van der Waals surface area contributed by atoms with Gasteiger partial charge in [-0.15, -0.1) is 11.3 Å². The summed E-state index contributed by atoms with van der Waals surface area (Å²) in [5.74, 6) is -1.08. The molecule has 2 rings (SSSR count). The molecule has 0 aliphatic heterocycles. The molecule has 0 fully saturated rings. The van der Waals surface area contributed by atoms with Crippen LogP contribution in [-0.4, -0.2) is 35.3 Å². The van der Waals surface area contributed by atoms with Crippen LogP contribution in [0.25, 0.3) is 0 Å². The highest BCUT2D eigenvalue weighted by molar-refractivity contribution is 7.89. The van der Waals surface area contributed by atoms with Crippen LogP contribution in [0.2, 0.25) is 0 Å². The van der Waals surface area contributed by atoms with Crippen LogP contribution in [0.1, 0.15) is 11.8 Å². The Labute approximate surface area is 126 Å². The Morgan fingerprint density at radius 3 is 2.95 bits per heavy atom. The predicted molar refractivity (Wildman–Crippen MR) is 77.7 cm³/mol. The molecule has 0 saturated heterocycles. The number of carboxylic acids is 1. The Kier molecular flexibility index (Phi) is 4.76. The maximum Gasteiger partial charge on any atom is 0.325 e. The zero-order valence-corrected chi connectivity index (χ0v) is 12.9. The average Bonchev–Trinajstić information content (AvgIpc) is 2.98. The number of nitrogens with zero attached hydrogens (tertiary/aromatic N) is 2. The Morgan fingerprint density at radius 1 is 1.57 bits per heavy atom. The smallest absolute Gasteiger partial charge is 0.325 e. The van der Waals surface area contributed by atoms with Crippen LogP contribution in [0.15, 0.2) is 34.8 Å². The number of aliphatic carboxylic acids is 1. The van der Waals surface area contributed by atoms with Crippen LogP contribution in [0.3, 0.4) is 0 Å². The maximum atomic E-state index is 12.2. The van der Waals surface area contributed by atoms with Gasteiger partial charge >= 0.3 is 5.97 Å². The first kappa shape index (κ1) is 15.7. The van der Waals surface area contributed by atoms with Gasteiger partial charge in [0.1, 0.15) is 11.4 Å². The van der Waals surface area contributed by atoms with Crippen molar-refractivity contribution in [2.45, 2.75) is 30.8 Å². The minimum Gasteiger partial charge on any atom is -0.480 e. The number of hydrogen-bond donors (Lipinski definition) is 2. The Bertz CT molecular complexity index is 707. The molecule has 9 heteroatoms. The van der Waals surface area contributed by atoms with Crippen molar-refractivity contribution < 1.29 is 18.3 Å². The lowest BCUT2D eigenvalue weighted by Gasteiger charge is -2.12. The van der Waals surface area contributed by atoms with E-state index in [1.807, 2.05) is 17.5 Å². The normalized spacial score (nSPS) is 13.2. The third-order valence-electron chi connectivity index (χ3n) is 2.66. The lowest BCUT2D eigenvalue weighted by Crippen LogP contribution is -2.33. The van der Waals surface area contributed by atoms with Crippen LogP contribution in [0.4, 0.5) is 0 Å². The number of carboxylic acid groups (broad SMARTS) is 1. The van der Waals surface area contributed by atoms with Crippen LogP contribution in [0, 0.1) is 0 Å². The van der Waals surface area contributed by atoms with E-state index in [-0.39, 0.29) is 17.5 Å². The van der Waals surface area contributed by atoms with Crippen molar-refractivity contribution in [3.8, 4) is 0 Å². The SMILES string of the molecule is CC(Cc1cccs1)NS(=O)(=O)c1cnn(CC(=O)O)c1. The van der Waals surface area contributed by atoms with E-state index in [2.05, 4.69) is 9.82 Å². The van der Waals surface area contributed by atoms with E-state index in [9.17, 15) is 13.2 Å². The quantitative estimate of drug-likeness (QED) is 0.787. The molecule has 7 nitrogen and oxygen atoms in total. The minimum absolute atomic E-state index is 0.0400. The molecule has 2 N–H and O–H groups in total. The van der Waals surface area contributed by atoms with Gasteiger partial charge in [-0.25, -0.2) is 13.1 Å². The van der Waals surface area contributed by atoms with Gasteiger partial charge in [0.2, 0.25) is 10.0 Å². The van der Waals surface area contributed by atoms with Crippen molar-refractivity contribution >= 4 is 27.3 Å². The van der Waals surface area contributed by atoms with Crippen LogP contribution >= 0.6 is 11.3 Å². The number of thiophene rings is 1.